The Balaban J connectivity index is 1.64. The summed E-state index contributed by atoms with van der Waals surface area (Å²) in [7, 11) is 0. The monoisotopic (exact) mass is 411 g/mol. The predicted octanol–water partition coefficient (Wildman–Crippen LogP) is 2.32. The van der Waals surface area contributed by atoms with E-state index in [1.54, 1.807) is 4.68 Å². The van der Waals surface area contributed by atoms with Crippen LogP contribution in [0.25, 0.3) is 5.69 Å². The zero-order chi connectivity index (χ0) is 16.2. The molecule has 0 aliphatic carbocycles. The van der Waals surface area contributed by atoms with Crippen molar-refractivity contribution in [3.8, 4) is 5.69 Å². The smallest absolute Gasteiger partial charge is 0.236 e. The Morgan fingerprint density at radius 3 is 2.78 bits per heavy atom. The van der Waals surface area contributed by atoms with E-state index in [9.17, 15) is 4.79 Å². The molecule has 0 spiro atoms. The Bertz CT molecular complexity index is 817. The minimum Gasteiger partial charge on any atom is -0.300 e. The molecule has 3 rings (SSSR count). The average Bonchev–Trinajstić information content (AvgIpc) is 3.15. The molecule has 1 N–H and O–H groups in total. The Kier molecular flexibility index (Phi) is 4.98. The Morgan fingerprint density at radius 2 is 2.09 bits per heavy atom. The predicted molar refractivity (Wildman–Crippen MR) is 90.9 cm³/mol. The first kappa shape index (κ1) is 16.0. The van der Waals surface area contributed by atoms with Crippen LogP contribution in [0.2, 0.25) is 0 Å². The van der Waals surface area contributed by atoms with Crippen LogP contribution in [0.5, 0.6) is 0 Å². The maximum Gasteiger partial charge on any atom is 0.236 e. The summed E-state index contributed by atoms with van der Waals surface area (Å²) in [5.74, 6) is -0.00767. The summed E-state index contributed by atoms with van der Waals surface area (Å²) in [4.78, 5) is 11.9. The third-order valence-electron chi connectivity index (χ3n) is 2.62. The summed E-state index contributed by atoms with van der Waals surface area (Å²) in [6, 6.07) is 7.56. The lowest BCUT2D eigenvalue weighted by atomic mass is 10.3. The highest BCUT2D eigenvalue weighted by Crippen LogP contribution is 2.20. The molecular weight excluding hydrogens is 402 g/mol. The van der Waals surface area contributed by atoms with Crippen molar-refractivity contribution in [2.24, 2.45) is 0 Å². The third-order valence-corrected chi connectivity index (χ3v) is 4.82. The topological polar surface area (TPSA) is 98.5 Å². The van der Waals surface area contributed by atoms with Crippen molar-refractivity contribution in [2.45, 2.75) is 12.1 Å². The van der Waals surface area contributed by atoms with Gasteiger partial charge in [0, 0.05) is 4.47 Å². The summed E-state index contributed by atoms with van der Waals surface area (Å²) < 4.78 is 2.55. The molecule has 0 saturated heterocycles. The fourth-order valence-corrected chi connectivity index (χ4v) is 3.21. The molecule has 23 heavy (non-hydrogen) atoms. The number of hydrogen-bond acceptors (Lipinski definition) is 8. The van der Waals surface area contributed by atoms with Crippen molar-refractivity contribution in [3.63, 3.8) is 0 Å². The molecule has 8 nitrogen and oxygen atoms in total. The molecule has 0 aliphatic heterocycles. The molecule has 2 aromatic heterocycles. The van der Waals surface area contributed by atoms with Crippen molar-refractivity contribution in [1.82, 2.24) is 30.4 Å². The summed E-state index contributed by atoms with van der Waals surface area (Å²) in [6.45, 7) is 1.83. The number of thioether (sulfide) groups is 1. The number of nitrogens with one attached hydrogen (secondary N) is 1. The van der Waals surface area contributed by atoms with Gasteiger partial charge in [0.15, 0.2) is 0 Å². The lowest BCUT2D eigenvalue weighted by Crippen LogP contribution is -2.14. The van der Waals surface area contributed by atoms with Gasteiger partial charge in [-0.2, -0.15) is 4.68 Å². The Hall–Kier alpha value is -1.85. The van der Waals surface area contributed by atoms with Crippen LogP contribution in [-0.4, -0.2) is 42.1 Å². The minimum absolute atomic E-state index is 0.176. The highest BCUT2D eigenvalue weighted by molar-refractivity contribution is 9.10. The number of tetrazole rings is 1. The number of anilines is 1. The van der Waals surface area contributed by atoms with E-state index in [1.165, 1.54) is 23.1 Å². The number of carbonyl (C=O) groups excluding carboxylic acids is 1. The molecule has 0 unspecified atom stereocenters. The van der Waals surface area contributed by atoms with Gasteiger partial charge in [-0.1, -0.05) is 39.0 Å². The van der Waals surface area contributed by atoms with Crippen molar-refractivity contribution >= 4 is 50.1 Å². The molecule has 11 heteroatoms. The second-order valence-electron chi connectivity index (χ2n) is 4.31. The number of halogens is 1. The standard InChI is InChI=1S/C12H10BrN7OS2/c1-7-15-16-11(23-7)14-10(21)6-22-12-17-18-19-20(12)9-4-2-8(13)3-5-9/h2-5H,6H2,1H3,(H,14,16,21). The molecule has 0 radical (unpaired) electrons. The second-order valence-corrected chi connectivity index (χ2v) is 7.35. The molecule has 1 amide bonds. The largest absolute Gasteiger partial charge is 0.300 e. The lowest BCUT2D eigenvalue weighted by Gasteiger charge is -2.04. The zero-order valence-electron chi connectivity index (χ0n) is 11.8. The van der Waals surface area contributed by atoms with E-state index in [0.717, 1.165) is 15.2 Å². The highest BCUT2D eigenvalue weighted by atomic mass is 79.9. The van der Waals surface area contributed by atoms with Crippen molar-refractivity contribution in [3.05, 3.63) is 33.7 Å². The Labute approximate surface area is 147 Å². The number of aromatic nitrogens is 6. The number of nitrogens with zero attached hydrogens (tertiary/aromatic N) is 6. The van der Waals surface area contributed by atoms with E-state index in [0.29, 0.717) is 10.3 Å². The van der Waals surface area contributed by atoms with Gasteiger partial charge >= 0.3 is 0 Å². The molecule has 3 aromatic rings. The zero-order valence-corrected chi connectivity index (χ0v) is 15.0. The molecule has 2 heterocycles. The van der Waals surface area contributed by atoms with Crippen LogP contribution in [0.4, 0.5) is 5.13 Å². The highest BCUT2D eigenvalue weighted by Gasteiger charge is 2.12. The summed E-state index contributed by atoms with van der Waals surface area (Å²) in [5, 5.41) is 23.8. The van der Waals surface area contributed by atoms with Crippen LogP contribution < -0.4 is 5.32 Å². The maximum absolute atomic E-state index is 11.9. The summed E-state index contributed by atoms with van der Waals surface area (Å²) >= 11 is 5.95. The summed E-state index contributed by atoms with van der Waals surface area (Å²) in [5.41, 5.74) is 0.820. The van der Waals surface area contributed by atoms with Gasteiger partial charge in [0.2, 0.25) is 16.2 Å². The van der Waals surface area contributed by atoms with Gasteiger partial charge < -0.3 is 0 Å². The molecule has 0 atom stereocenters. The Morgan fingerprint density at radius 1 is 1.30 bits per heavy atom. The van der Waals surface area contributed by atoms with E-state index in [1.807, 2.05) is 31.2 Å². The number of aryl methyl sites for hydroxylation is 1. The SMILES string of the molecule is Cc1nnc(NC(=O)CSc2nnnn2-c2ccc(Br)cc2)s1. The van der Waals surface area contributed by atoms with Crippen LogP contribution >= 0.6 is 39.0 Å². The van der Waals surface area contributed by atoms with E-state index < -0.39 is 0 Å². The minimum atomic E-state index is -0.184. The van der Waals surface area contributed by atoms with Crippen LogP contribution in [0.1, 0.15) is 5.01 Å². The van der Waals surface area contributed by atoms with Gasteiger partial charge in [-0.3, -0.25) is 10.1 Å². The van der Waals surface area contributed by atoms with Crippen LogP contribution in [0.15, 0.2) is 33.9 Å². The van der Waals surface area contributed by atoms with Crippen molar-refractivity contribution in [1.29, 1.82) is 0 Å². The molecule has 0 fully saturated rings. The fraction of sp³-hybridized carbons (Fsp3) is 0.167. The number of amides is 1. The molecule has 118 valence electrons. The first-order valence-corrected chi connectivity index (χ1v) is 8.98. The first-order valence-electron chi connectivity index (χ1n) is 6.39. The second kappa shape index (κ2) is 7.15. The molecule has 0 bridgehead atoms. The lowest BCUT2D eigenvalue weighted by molar-refractivity contribution is -0.113. The van der Waals surface area contributed by atoms with E-state index in [-0.39, 0.29) is 11.7 Å². The maximum atomic E-state index is 11.9. The van der Waals surface area contributed by atoms with E-state index in [2.05, 4.69) is 47.0 Å². The first-order chi connectivity index (χ1) is 11.1. The van der Waals surface area contributed by atoms with Gasteiger partial charge in [0.05, 0.1) is 11.4 Å². The average molecular weight is 412 g/mol. The van der Waals surface area contributed by atoms with Crippen molar-refractivity contribution < 1.29 is 4.79 Å². The number of hydrogen-bond donors (Lipinski definition) is 1. The third kappa shape index (κ3) is 4.12. The molecule has 1 aromatic carbocycles. The number of carbonyl (C=O) groups is 1. The van der Waals surface area contributed by atoms with Gasteiger partial charge in [-0.05, 0) is 41.6 Å². The van der Waals surface area contributed by atoms with Crippen molar-refractivity contribution in [2.75, 3.05) is 11.1 Å². The van der Waals surface area contributed by atoms with Crippen LogP contribution in [0.3, 0.4) is 0 Å². The van der Waals surface area contributed by atoms with Gasteiger partial charge in [0.25, 0.3) is 0 Å². The molecular formula is C12H10BrN7OS2. The van der Waals surface area contributed by atoms with Gasteiger partial charge in [-0.15, -0.1) is 15.3 Å². The quantitative estimate of drug-likeness (QED) is 0.642. The van der Waals surface area contributed by atoms with E-state index >= 15 is 0 Å². The molecule has 0 aliphatic rings. The van der Waals surface area contributed by atoms with Crippen LogP contribution in [-0.2, 0) is 4.79 Å². The van der Waals surface area contributed by atoms with Crippen LogP contribution in [0, 0.1) is 6.92 Å². The number of rotatable bonds is 5. The molecule has 0 saturated carbocycles. The van der Waals surface area contributed by atoms with Gasteiger partial charge in [0.1, 0.15) is 5.01 Å². The fourth-order valence-electron chi connectivity index (χ4n) is 1.65. The normalized spacial score (nSPS) is 10.7. The van der Waals surface area contributed by atoms with Gasteiger partial charge in [-0.25, -0.2) is 0 Å². The van der Waals surface area contributed by atoms with E-state index in [4.69, 9.17) is 0 Å². The number of benzene rings is 1. The summed E-state index contributed by atoms with van der Waals surface area (Å²) in [6.07, 6.45) is 0.